The van der Waals surface area contributed by atoms with Gasteiger partial charge in [-0.3, -0.25) is 4.79 Å². The highest BCUT2D eigenvalue weighted by atomic mass is 16.1. The second-order valence-corrected chi connectivity index (χ2v) is 6.12. The van der Waals surface area contributed by atoms with Crippen LogP contribution in [0.4, 0.5) is 0 Å². The standard InChI is InChI=1S/C20H24N2O/c1-2-16-3-5-17(6-4-16)7-8-18-11-14-22(20(23)15-18)19-9-12-21-13-10-19/h3-8,11,14-15,19,21H,2,9-10,12-13H2,1H3/b8-7+. The van der Waals surface area contributed by atoms with Crippen LogP contribution in [0.1, 0.15) is 42.5 Å². The van der Waals surface area contributed by atoms with Crippen molar-refractivity contribution < 1.29 is 0 Å². The molecule has 1 aliphatic rings. The molecule has 1 aliphatic heterocycles. The number of piperidine rings is 1. The Morgan fingerprint density at radius 1 is 1.09 bits per heavy atom. The lowest BCUT2D eigenvalue weighted by Crippen LogP contribution is -2.33. The van der Waals surface area contributed by atoms with Gasteiger partial charge < -0.3 is 9.88 Å². The van der Waals surface area contributed by atoms with Gasteiger partial charge in [-0.25, -0.2) is 0 Å². The summed E-state index contributed by atoms with van der Waals surface area (Å²) in [5, 5.41) is 3.34. The SMILES string of the molecule is CCc1ccc(/C=C/c2ccn(C3CCNCC3)c(=O)c2)cc1. The van der Waals surface area contributed by atoms with E-state index >= 15 is 0 Å². The minimum atomic E-state index is 0.0976. The van der Waals surface area contributed by atoms with Crippen LogP contribution in [-0.2, 0) is 6.42 Å². The minimum absolute atomic E-state index is 0.0976. The van der Waals surface area contributed by atoms with Crippen LogP contribution in [0.15, 0.2) is 47.4 Å². The fraction of sp³-hybridized carbons (Fsp3) is 0.350. The van der Waals surface area contributed by atoms with Crippen LogP contribution in [0.3, 0.4) is 0 Å². The maximum Gasteiger partial charge on any atom is 0.251 e. The fourth-order valence-corrected chi connectivity index (χ4v) is 3.05. The van der Waals surface area contributed by atoms with Gasteiger partial charge in [-0.2, -0.15) is 0 Å². The second kappa shape index (κ2) is 7.42. The van der Waals surface area contributed by atoms with E-state index in [1.165, 1.54) is 5.56 Å². The first kappa shape index (κ1) is 15.8. The van der Waals surface area contributed by atoms with Gasteiger partial charge in [0.05, 0.1) is 0 Å². The molecule has 3 nitrogen and oxygen atoms in total. The average molecular weight is 308 g/mol. The minimum Gasteiger partial charge on any atom is -0.317 e. The fourth-order valence-electron chi connectivity index (χ4n) is 3.05. The molecule has 1 aromatic heterocycles. The predicted molar refractivity (Wildman–Crippen MR) is 96.6 cm³/mol. The summed E-state index contributed by atoms with van der Waals surface area (Å²) in [6.45, 7) is 4.14. The molecule has 1 fully saturated rings. The molecule has 0 unspecified atom stereocenters. The number of hydrogen-bond donors (Lipinski definition) is 1. The van der Waals surface area contributed by atoms with Crippen molar-refractivity contribution in [3.63, 3.8) is 0 Å². The van der Waals surface area contributed by atoms with E-state index < -0.39 is 0 Å². The number of hydrogen-bond acceptors (Lipinski definition) is 2. The van der Waals surface area contributed by atoms with Crippen LogP contribution < -0.4 is 10.9 Å². The third-order valence-corrected chi connectivity index (χ3v) is 4.53. The molecule has 1 saturated heterocycles. The molecule has 120 valence electrons. The Balaban J connectivity index is 1.74. The summed E-state index contributed by atoms with van der Waals surface area (Å²) in [6.07, 6.45) is 9.12. The van der Waals surface area contributed by atoms with Crippen molar-refractivity contribution in [2.24, 2.45) is 0 Å². The summed E-state index contributed by atoms with van der Waals surface area (Å²) in [5.41, 5.74) is 3.55. The highest BCUT2D eigenvalue weighted by Crippen LogP contribution is 2.16. The second-order valence-electron chi connectivity index (χ2n) is 6.12. The lowest BCUT2D eigenvalue weighted by atomic mass is 10.1. The molecule has 3 heteroatoms. The summed E-state index contributed by atoms with van der Waals surface area (Å²) >= 11 is 0. The van der Waals surface area contributed by atoms with Crippen LogP contribution >= 0.6 is 0 Å². The molecule has 23 heavy (non-hydrogen) atoms. The van der Waals surface area contributed by atoms with Crippen LogP contribution in [-0.4, -0.2) is 17.7 Å². The molecule has 0 aliphatic carbocycles. The van der Waals surface area contributed by atoms with E-state index in [1.807, 2.05) is 22.9 Å². The van der Waals surface area contributed by atoms with Gasteiger partial charge in [-0.15, -0.1) is 0 Å². The van der Waals surface area contributed by atoms with E-state index in [-0.39, 0.29) is 5.56 Å². The first-order valence-corrected chi connectivity index (χ1v) is 8.46. The summed E-state index contributed by atoms with van der Waals surface area (Å²) in [7, 11) is 0. The number of pyridine rings is 1. The Hall–Kier alpha value is -2.13. The molecule has 1 N–H and O–H groups in total. The maximum absolute atomic E-state index is 12.3. The Morgan fingerprint density at radius 2 is 1.78 bits per heavy atom. The molecular weight excluding hydrogens is 284 g/mol. The lowest BCUT2D eigenvalue weighted by Gasteiger charge is -2.24. The first-order chi connectivity index (χ1) is 11.3. The van der Waals surface area contributed by atoms with Gasteiger partial charge in [0.15, 0.2) is 0 Å². The van der Waals surface area contributed by atoms with E-state index in [0.717, 1.165) is 43.5 Å². The topological polar surface area (TPSA) is 34.0 Å². The van der Waals surface area contributed by atoms with E-state index in [2.05, 4.69) is 42.6 Å². The Morgan fingerprint density at radius 3 is 2.43 bits per heavy atom. The van der Waals surface area contributed by atoms with Crippen molar-refractivity contribution in [3.8, 4) is 0 Å². The summed E-state index contributed by atoms with van der Waals surface area (Å²) in [4.78, 5) is 12.3. The first-order valence-electron chi connectivity index (χ1n) is 8.46. The number of nitrogens with zero attached hydrogens (tertiary/aromatic N) is 1. The van der Waals surface area contributed by atoms with E-state index in [9.17, 15) is 4.79 Å². The summed E-state index contributed by atoms with van der Waals surface area (Å²) in [5.74, 6) is 0. The molecule has 0 bridgehead atoms. The number of nitrogens with one attached hydrogen (secondary N) is 1. The molecule has 0 amide bonds. The molecule has 0 radical (unpaired) electrons. The van der Waals surface area contributed by atoms with Gasteiger partial charge >= 0.3 is 0 Å². The number of benzene rings is 1. The Labute approximate surface area is 137 Å². The molecule has 3 rings (SSSR count). The van der Waals surface area contributed by atoms with E-state index in [0.29, 0.717) is 6.04 Å². The molecule has 0 saturated carbocycles. The molecule has 1 aromatic carbocycles. The average Bonchev–Trinajstić information content (AvgIpc) is 2.61. The van der Waals surface area contributed by atoms with Crippen LogP contribution in [0.25, 0.3) is 12.2 Å². The molecule has 0 atom stereocenters. The van der Waals surface area contributed by atoms with Crippen molar-refractivity contribution >= 4 is 12.2 Å². The quantitative estimate of drug-likeness (QED) is 0.938. The van der Waals surface area contributed by atoms with Crippen molar-refractivity contribution in [3.05, 3.63) is 69.6 Å². The van der Waals surface area contributed by atoms with E-state index in [4.69, 9.17) is 0 Å². The summed E-state index contributed by atoms with van der Waals surface area (Å²) in [6, 6.07) is 12.6. The Bertz CT molecular complexity index is 722. The monoisotopic (exact) mass is 308 g/mol. The third kappa shape index (κ3) is 3.99. The highest BCUT2D eigenvalue weighted by Gasteiger charge is 2.15. The van der Waals surface area contributed by atoms with Crippen molar-refractivity contribution in [1.82, 2.24) is 9.88 Å². The van der Waals surface area contributed by atoms with Gasteiger partial charge in [0.25, 0.3) is 5.56 Å². The zero-order valence-electron chi connectivity index (χ0n) is 13.7. The van der Waals surface area contributed by atoms with Crippen LogP contribution in [0.2, 0.25) is 0 Å². The van der Waals surface area contributed by atoms with Gasteiger partial charge in [-0.05, 0) is 55.1 Å². The zero-order chi connectivity index (χ0) is 16.1. The third-order valence-electron chi connectivity index (χ3n) is 4.53. The van der Waals surface area contributed by atoms with Gasteiger partial charge in [0.2, 0.25) is 0 Å². The van der Waals surface area contributed by atoms with Crippen LogP contribution in [0.5, 0.6) is 0 Å². The van der Waals surface area contributed by atoms with Crippen molar-refractivity contribution in [1.29, 1.82) is 0 Å². The van der Waals surface area contributed by atoms with Gasteiger partial charge in [0, 0.05) is 18.3 Å². The van der Waals surface area contributed by atoms with Crippen LogP contribution in [0, 0.1) is 0 Å². The summed E-state index contributed by atoms with van der Waals surface area (Å²) < 4.78 is 1.88. The van der Waals surface area contributed by atoms with E-state index in [1.54, 1.807) is 6.07 Å². The van der Waals surface area contributed by atoms with Crippen molar-refractivity contribution in [2.45, 2.75) is 32.2 Å². The predicted octanol–water partition coefficient (Wildman–Crippen LogP) is 3.51. The molecular formula is C20H24N2O. The van der Waals surface area contributed by atoms with Gasteiger partial charge in [-0.1, -0.05) is 43.3 Å². The van der Waals surface area contributed by atoms with Crippen molar-refractivity contribution in [2.75, 3.05) is 13.1 Å². The zero-order valence-corrected chi connectivity index (χ0v) is 13.7. The largest absolute Gasteiger partial charge is 0.317 e. The molecule has 2 heterocycles. The molecule has 0 spiro atoms. The maximum atomic E-state index is 12.3. The normalized spacial score (nSPS) is 16.0. The number of rotatable bonds is 4. The lowest BCUT2D eigenvalue weighted by molar-refractivity contribution is 0.361. The molecule has 2 aromatic rings. The smallest absolute Gasteiger partial charge is 0.251 e. The Kier molecular flexibility index (Phi) is 5.09. The number of aryl methyl sites for hydroxylation is 1. The highest BCUT2D eigenvalue weighted by molar-refractivity contribution is 5.69. The number of aromatic nitrogens is 1. The van der Waals surface area contributed by atoms with Gasteiger partial charge in [0.1, 0.15) is 0 Å².